The Hall–Kier alpha value is -2.94. The van der Waals surface area contributed by atoms with Crippen molar-refractivity contribution in [1.82, 2.24) is 14.6 Å². The molecule has 1 saturated carbocycles. The molecule has 0 aliphatic heterocycles. The highest BCUT2D eigenvalue weighted by Gasteiger charge is 2.32. The third-order valence-electron chi connectivity index (χ3n) is 5.49. The zero-order valence-corrected chi connectivity index (χ0v) is 18.6. The third-order valence-corrected chi connectivity index (χ3v) is 7.25. The number of carbonyl (C=O) groups is 1. The summed E-state index contributed by atoms with van der Waals surface area (Å²) in [6.07, 6.45) is 3.77. The number of amides is 1. The molecule has 1 fully saturated rings. The maximum atomic E-state index is 12.8. The van der Waals surface area contributed by atoms with E-state index in [4.69, 9.17) is 11.6 Å². The molecule has 1 heterocycles. The average molecular weight is 472 g/mol. The minimum Gasteiger partial charge on any atom is -0.348 e. The molecule has 4 rings (SSSR count). The normalized spacial score (nSPS) is 18.4. The lowest BCUT2D eigenvalue weighted by molar-refractivity contribution is 0.0933. The lowest BCUT2D eigenvalue weighted by Gasteiger charge is -2.22. The minimum atomic E-state index is -3.73. The van der Waals surface area contributed by atoms with E-state index in [1.54, 1.807) is 42.6 Å². The van der Waals surface area contributed by atoms with E-state index >= 15 is 0 Å². The van der Waals surface area contributed by atoms with Crippen molar-refractivity contribution in [3.8, 4) is 5.69 Å². The summed E-state index contributed by atoms with van der Waals surface area (Å²) in [5.41, 5.74) is 0.928. The number of carbonyl (C=O) groups excluding carboxylic acids is 1. The molecular formula is C23H22ClN3O4S. The van der Waals surface area contributed by atoms with Gasteiger partial charge in [-0.1, -0.05) is 17.7 Å². The van der Waals surface area contributed by atoms with Gasteiger partial charge in [-0.15, -0.1) is 0 Å². The van der Waals surface area contributed by atoms with Gasteiger partial charge in [-0.2, -0.15) is 0 Å². The first-order chi connectivity index (χ1) is 15.3. The lowest BCUT2D eigenvalue weighted by Crippen LogP contribution is -2.48. The number of benzene rings is 2. The molecular weight excluding hydrogens is 450 g/mol. The topological polar surface area (TPSA) is 97.3 Å². The molecule has 1 aliphatic carbocycles. The first kappa shape index (κ1) is 22.3. The highest BCUT2D eigenvalue weighted by atomic mass is 35.5. The summed E-state index contributed by atoms with van der Waals surface area (Å²) in [6.45, 7) is 0. The molecule has 1 amide bonds. The van der Waals surface area contributed by atoms with Gasteiger partial charge in [0.25, 0.3) is 11.5 Å². The lowest BCUT2D eigenvalue weighted by atomic mass is 10.1. The number of aromatic nitrogens is 1. The Labute approximate surface area is 191 Å². The summed E-state index contributed by atoms with van der Waals surface area (Å²) < 4.78 is 29.6. The quantitative estimate of drug-likeness (QED) is 0.577. The standard InChI is InChI=1S/C23H22ClN3O4S/c24-17-9-13-19(14-10-17)32(30,31)26-21-5-3-4-20(21)25-23(29)16-7-11-18(12-8-16)27-15-2-1-6-22(27)28/h1-2,6-15,20-21,26H,3-5H2,(H,25,29)/t20-,21+/m0/s1. The second-order valence-electron chi connectivity index (χ2n) is 7.65. The monoisotopic (exact) mass is 471 g/mol. The van der Waals surface area contributed by atoms with Crippen molar-refractivity contribution in [3.63, 3.8) is 0 Å². The van der Waals surface area contributed by atoms with Gasteiger partial charge in [-0.25, -0.2) is 13.1 Å². The number of hydrogen-bond donors (Lipinski definition) is 2. The van der Waals surface area contributed by atoms with Crippen LogP contribution in [0, 0.1) is 0 Å². The Bertz CT molecular complexity index is 1270. The average Bonchev–Trinajstić information content (AvgIpc) is 3.20. The van der Waals surface area contributed by atoms with Crippen LogP contribution in [0.1, 0.15) is 29.6 Å². The van der Waals surface area contributed by atoms with Crippen LogP contribution >= 0.6 is 11.6 Å². The number of hydrogen-bond acceptors (Lipinski definition) is 4. The highest BCUT2D eigenvalue weighted by molar-refractivity contribution is 7.89. The minimum absolute atomic E-state index is 0.130. The van der Waals surface area contributed by atoms with Crippen LogP contribution < -0.4 is 15.6 Å². The molecule has 0 unspecified atom stereocenters. The van der Waals surface area contributed by atoms with Gasteiger partial charge in [0.15, 0.2) is 0 Å². The Morgan fingerprint density at radius 2 is 1.62 bits per heavy atom. The third kappa shape index (κ3) is 4.93. The van der Waals surface area contributed by atoms with Gasteiger partial charge in [0.05, 0.1) is 4.90 Å². The largest absolute Gasteiger partial charge is 0.348 e. The van der Waals surface area contributed by atoms with Crippen LogP contribution in [-0.2, 0) is 10.0 Å². The summed E-state index contributed by atoms with van der Waals surface area (Å²) in [7, 11) is -3.73. The SMILES string of the molecule is O=C(N[C@H]1CCC[C@H]1NS(=O)(=O)c1ccc(Cl)cc1)c1ccc(-n2ccccc2=O)cc1. The van der Waals surface area contributed by atoms with E-state index in [0.29, 0.717) is 29.1 Å². The molecule has 3 aromatic rings. The van der Waals surface area contributed by atoms with E-state index < -0.39 is 16.1 Å². The van der Waals surface area contributed by atoms with Gasteiger partial charge in [0.1, 0.15) is 0 Å². The van der Waals surface area contributed by atoms with Crippen molar-refractivity contribution in [1.29, 1.82) is 0 Å². The molecule has 9 heteroatoms. The van der Waals surface area contributed by atoms with Crippen LogP contribution in [-0.4, -0.2) is 31.0 Å². The Balaban J connectivity index is 1.44. The maximum absolute atomic E-state index is 12.8. The van der Waals surface area contributed by atoms with Gasteiger partial charge in [0, 0.05) is 40.6 Å². The van der Waals surface area contributed by atoms with Crippen LogP contribution in [0.3, 0.4) is 0 Å². The van der Waals surface area contributed by atoms with Gasteiger partial charge in [0.2, 0.25) is 10.0 Å². The van der Waals surface area contributed by atoms with E-state index in [2.05, 4.69) is 10.0 Å². The number of sulfonamides is 1. The molecule has 1 aromatic heterocycles. The molecule has 0 spiro atoms. The molecule has 0 bridgehead atoms. The zero-order chi connectivity index (χ0) is 22.7. The van der Waals surface area contributed by atoms with Crippen LogP contribution in [0.15, 0.2) is 82.6 Å². The fraction of sp³-hybridized carbons (Fsp3) is 0.217. The van der Waals surface area contributed by atoms with Crippen molar-refractivity contribution < 1.29 is 13.2 Å². The molecule has 7 nitrogen and oxygen atoms in total. The van der Waals surface area contributed by atoms with Crippen LogP contribution in [0.25, 0.3) is 5.69 Å². The fourth-order valence-corrected chi connectivity index (χ4v) is 5.26. The summed E-state index contributed by atoms with van der Waals surface area (Å²) in [6, 6.07) is 16.8. The zero-order valence-electron chi connectivity index (χ0n) is 17.1. The number of halogens is 1. The van der Waals surface area contributed by atoms with Gasteiger partial charge >= 0.3 is 0 Å². The maximum Gasteiger partial charge on any atom is 0.255 e. The number of rotatable bonds is 6. The van der Waals surface area contributed by atoms with E-state index in [1.807, 2.05) is 0 Å². The van der Waals surface area contributed by atoms with Crippen molar-refractivity contribution in [2.24, 2.45) is 0 Å². The van der Waals surface area contributed by atoms with Crippen molar-refractivity contribution in [2.45, 2.75) is 36.2 Å². The van der Waals surface area contributed by atoms with Crippen molar-refractivity contribution in [2.75, 3.05) is 0 Å². The van der Waals surface area contributed by atoms with E-state index in [9.17, 15) is 18.0 Å². The number of pyridine rings is 1. The molecule has 2 atom stereocenters. The summed E-state index contributed by atoms with van der Waals surface area (Å²) in [5.74, 6) is -0.292. The second kappa shape index (κ2) is 9.28. The highest BCUT2D eigenvalue weighted by Crippen LogP contribution is 2.23. The van der Waals surface area contributed by atoms with E-state index in [0.717, 1.165) is 6.42 Å². The summed E-state index contributed by atoms with van der Waals surface area (Å²) in [5, 5.41) is 3.40. The second-order valence-corrected chi connectivity index (χ2v) is 9.80. The van der Waals surface area contributed by atoms with Crippen LogP contribution in [0.4, 0.5) is 0 Å². The molecule has 0 saturated heterocycles. The molecule has 166 valence electrons. The van der Waals surface area contributed by atoms with Crippen molar-refractivity contribution >= 4 is 27.5 Å². The first-order valence-electron chi connectivity index (χ1n) is 10.2. The number of nitrogens with zero attached hydrogens (tertiary/aromatic N) is 1. The predicted octanol–water partition coefficient (Wildman–Crippen LogP) is 3.12. The van der Waals surface area contributed by atoms with Crippen LogP contribution in [0.2, 0.25) is 5.02 Å². The Morgan fingerprint density at radius 3 is 2.31 bits per heavy atom. The number of nitrogens with one attached hydrogen (secondary N) is 2. The fourth-order valence-electron chi connectivity index (χ4n) is 3.82. The molecule has 2 N–H and O–H groups in total. The molecule has 32 heavy (non-hydrogen) atoms. The van der Waals surface area contributed by atoms with E-state index in [-0.39, 0.29) is 22.4 Å². The molecule has 1 aliphatic rings. The molecule has 0 radical (unpaired) electrons. The summed E-state index contributed by atoms with van der Waals surface area (Å²) >= 11 is 5.84. The van der Waals surface area contributed by atoms with Crippen molar-refractivity contribution in [3.05, 3.63) is 93.9 Å². The van der Waals surface area contributed by atoms with Gasteiger partial charge in [-0.3, -0.25) is 14.2 Å². The Kier molecular flexibility index (Phi) is 6.45. The molecule has 2 aromatic carbocycles. The summed E-state index contributed by atoms with van der Waals surface area (Å²) in [4.78, 5) is 24.9. The Morgan fingerprint density at radius 1 is 0.938 bits per heavy atom. The van der Waals surface area contributed by atoms with E-state index in [1.165, 1.54) is 34.9 Å². The van der Waals surface area contributed by atoms with Gasteiger partial charge < -0.3 is 5.32 Å². The van der Waals surface area contributed by atoms with Gasteiger partial charge in [-0.05, 0) is 73.9 Å². The first-order valence-corrected chi connectivity index (χ1v) is 12.1. The van der Waals surface area contributed by atoms with Crippen LogP contribution in [0.5, 0.6) is 0 Å². The predicted molar refractivity (Wildman–Crippen MR) is 123 cm³/mol. The smallest absolute Gasteiger partial charge is 0.255 e.